The number of hydrogen-bond donors (Lipinski definition) is 4. The van der Waals surface area contributed by atoms with Crippen molar-refractivity contribution >= 4 is 22.8 Å². The lowest BCUT2D eigenvalue weighted by atomic mass is 9.98. The van der Waals surface area contributed by atoms with E-state index in [2.05, 4.69) is 110 Å². The molecule has 0 aliphatic carbocycles. The Morgan fingerprint density at radius 2 is 1.48 bits per heavy atom. The van der Waals surface area contributed by atoms with Crippen molar-refractivity contribution in [1.29, 1.82) is 0 Å². The van der Waals surface area contributed by atoms with Crippen molar-refractivity contribution in [3.05, 3.63) is 84.7 Å². The number of ether oxygens (including phenoxy) is 1. The number of benzene rings is 3. The maximum Gasteiger partial charge on any atom is 0.407 e. The molecule has 1 fully saturated rings. The average Bonchev–Trinajstić information content (AvgIpc) is 3.73. The molecule has 2 amide bonds. The summed E-state index contributed by atoms with van der Waals surface area (Å²) in [5.74, 6) is 1.49. The van der Waals surface area contributed by atoms with Crippen molar-refractivity contribution < 1.29 is 14.3 Å². The molecule has 2 aromatic heterocycles. The Morgan fingerprint density at radius 1 is 0.870 bits per heavy atom. The summed E-state index contributed by atoms with van der Waals surface area (Å²) in [4.78, 5) is 41.5. The number of aromatic amines is 2. The third-order valence-electron chi connectivity index (χ3n) is 7.81. The minimum absolute atomic E-state index is 0.125. The Morgan fingerprint density at radius 3 is 2.13 bits per heavy atom. The van der Waals surface area contributed by atoms with Gasteiger partial charge < -0.3 is 30.2 Å². The van der Waals surface area contributed by atoms with Crippen molar-refractivity contribution in [2.75, 3.05) is 26.7 Å². The molecule has 3 heterocycles. The predicted molar refractivity (Wildman–Crippen MR) is 182 cm³/mol. The molecule has 0 spiro atoms. The van der Waals surface area contributed by atoms with Crippen LogP contribution in [-0.2, 0) is 16.1 Å². The fourth-order valence-electron chi connectivity index (χ4n) is 5.28. The van der Waals surface area contributed by atoms with Crippen LogP contribution in [0.3, 0.4) is 0 Å². The first-order chi connectivity index (χ1) is 22.4. The van der Waals surface area contributed by atoms with Gasteiger partial charge in [-0.3, -0.25) is 4.79 Å². The first kappa shape index (κ1) is 32.4. The van der Waals surface area contributed by atoms with Gasteiger partial charge in [-0.25, -0.2) is 14.8 Å². The van der Waals surface area contributed by atoms with Gasteiger partial charge in [0.15, 0.2) is 0 Å². The summed E-state index contributed by atoms with van der Waals surface area (Å²) in [6.45, 7) is 8.06. The van der Waals surface area contributed by atoms with Crippen molar-refractivity contribution in [1.82, 2.24) is 35.5 Å². The molecule has 46 heavy (non-hydrogen) atoms. The Balaban J connectivity index is 0.00000134. The number of amides is 2. The predicted octanol–water partition coefficient (Wildman–Crippen LogP) is 6.83. The number of aromatic nitrogens is 4. The summed E-state index contributed by atoms with van der Waals surface area (Å²) in [6, 6.07) is 21.7. The Labute approximate surface area is 270 Å². The Bertz CT molecular complexity index is 1760. The average molecular weight is 622 g/mol. The highest BCUT2D eigenvalue weighted by molar-refractivity contribution is 5.90. The molecule has 6 rings (SSSR count). The molecule has 10 heteroatoms. The third kappa shape index (κ3) is 7.81. The highest BCUT2D eigenvalue weighted by Gasteiger charge is 2.21. The van der Waals surface area contributed by atoms with E-state index >= 15 is 0 Å². The first-order valence-electron chi connectivity index (χ1n) is 16.0. The molecular formula is C36H43N7O3. The zero-order chi connectivity index (χ0) is 32.5. The lowest BCUT2D eigenvalue weighted by Gasteiger charge is -2.25. The number of rotatable bonds is 10. The van der Waals surface area contributed by atoms with E-state index in [-0.39, 0.29) is 12.5 Å². The van der Waals surface area contributed by atoms with E-state index in [1.165, 1.54) is 13.5 Å². The maximum absolute atomic E-state index is 12.6. The van der Waals surface area contributed by atoms with Crippen LogP contribution >= 0.6 is 0 Å². The molecule has 0 saturated carbocycles. The zero-order valence-corrected chi connectivity index (χ0v) is 27.0. The number of carbonyl (C=O) groups is 2. The first-order valence-corrected chi connectivity index (χ1v) is 16.0. The van der Waals surface area contributed by atoms with Crippen LogP contribution in [0.1, 0.15) is 57.7 Å². The Hall–Kier alpha value is -4.96. The molecule has 4 N–H and O–H groups in total. The monoisotopic (exact) mass is 621 g/mol. The molecule has 1 aliphatic rings. The van der Waals surface area contributed by atoms with E-state index in [9.17, 15) is 9.59 Å². The molecule has 1 unspecified atom stereocenters. The number of alkyl carbamates (subject to hydrolysis) is 1. The van der Waals surface area contributed by atoms with E-state index in [0.717, 1.165) is 69.6 Å². The topological polar surface area (TPSA) is 128 Å². The number of nitrogens with zero attached hydrogens (tertiary/aromatic N) is 3. The van der Waals surface area contributed by atoms with E-state index in [4.69, 9.17) is 0 Å². The van der Waals surface area contributed by atoms with Gasteiger partial charge in [0, 0.05) is 12.1 Å². The lowest BCUT2D eigenvalue weighted by molar-refractivity contribution is -0.130. The zero-order valence-electron chi connectivity index (χ0n) is 27.0. The summed E-state index contributed by atoms with van der Waals surface area (Å²) in [5, 5.41) is 8.10. The van der Waals surface area contributed by atoms with Gasteiger partial charge in [0.2, 0.25) is 5.91 Å². The second kappa shape index (κ2) is 15.4. The van der Waals surface area contributed by atoms with E-state index < -0.39 is 6.09 Å². The van der Waals surface area contributed by atoms with Crippen molar-refractivity contribution in [2.45, 2.75) is 52.6 Å². The second-order valence-electron chi connectivity index (χ2n) is 11.4. The number of carbonyl (C=O) groups excluding carboxylic acids is 2. The smallest absolute Gasteiger partial charge is 0.407 e. The normalized spacial score (nSPS) is 13.8. The van der Waals surface area contributed by atoms with Crippen LogP contribution in [0.25, 0.3) is 44.4 Å². The van der Waals surface area contributed by atoms with Crippen LogP contribution in [-0.4, -0.2) is 63.6 Å². The number of imidazole rings is 2. The van der Waals surface area contributed by atoms with Gasteiger partial charge in [0.05, 0.1) is 43.5 Å². The van der Waals surface area contributed by atoms with E-state index in [0.29, 0.717) is 25.0 Å². The summed E-state index contributed by atoms with van der Waals surface area (Å²) < 4.78 is 4.56. The van der Waals surface area contributed by atoms with Crippen LogP contribution in [0, 0.1) is 0 Å². The number of methoxy groups -OCH3 is 1. The molecule has 1 saturated heterocycles. The van der Waals surface area contributed by atoms with Gasteiger partial charge in [-0.1, -0.05) is 75.7 Å². The fraction of sp³-hybridized carbons (Fsp3) is 0.333. The molecule has 240 valence electrons. The van der Waals surface area contributed by atoms with Crippen LogP contribution in [0.5, 0.6) is 0 Å². The van der Waals surface area contributed by atoms with E-state index in [1.54, 1.807) is 11.1 Å². The molecule has 0 radical (unpaired) electrons. The summed E-state index contributed by atoms with van der Waals surface area (Å²) >= 11 is 0. The van der Waals surface area contributed by atoms with Crippen molar-refractivity contribution in [3.63, 3.8) is 0 Å². The molecule has 10 nitrogen and oxygen atoms in total. The molecule has 5 aromatic rings. The van der Waals surface area contributed by atoms with Gasteiger partial charge >= 0.3 is 6.09 Å². The van der Waals surface area contributed by atoms with Crippen LogP contribution in [0.4, 0.5) is 4.79 Å². The summed E-state index contributed by atoms with van der Waals surface area (Å²) in [6.07, 6.45) is 6.23. The molecule has 0 bridgehead atoms. The van der Waals surface area contributed by atoms with Gasteiger partial charge in [0.1, 0.15) is 18.2 Å². The van der Waals surface area contributed by atoms with Gasteiger partial charge in [-0.05, 0) is 59.0 Å². The fourth-order valence-corrected chi connectivity index (χ4v) is 5.28. The molecule has 3 aromatic carbocycles. The summed E-state index contributed by atoms with van der Waals surface area (Å²) in [7, 11) is 1.27. The minimum atomic E-state index is -0.632. The molecular weight excluding hydrogens is 578 g/mol. The standard InChI is InChI=1S/C33H35N7O3.C3H8/c1-3-14-40(31(41)19-37-33(42)43-2)20-30-35-17-29(38-30)26-11-10-24-15-23(8-9-25(24)16-26)21-4-6-22(7-5-21)28-18-36-32(39-28)27-12-13-34-27;1-3-2/h4-11,15-18,27,34H,3,12-14,19-20H2,1-2H3,(H,35,38)(H,36,39)(H,37,42);3H2,1-2H3. The summed E-state index contributed by atoms with van der Waals surface area (Å²) in [5.41, 5.74) is 6.35. The van der Waals surface area contributed by atoms with Gasteiger partial charge in [-0.2, -0.15) is 0 Å². The third-order valence-corrected chi connectivity index (χ3v) is 7.81. The van der Waals surface area contributed by atoms with Gasteiger partial charge in [-0.15, -0.1) is 0 Å². The van der Waals surface area contributed by atoms with Crippen molar-refractivity contribution in [3.8, 4) is 33.6 Å². The number of H-pyrrole nitrogens is 2. The second-order valence-corrected chi connectivity index (χ2v) is 11.4. The largest absolute Gasteiger partial charge is 0.453 e. The number of nitrogens with one attached hydrogen (secondary N) is 4. The maximum atomic E-state index is 12.6. The quantitative estimate of drug-likeness (QED) is 0.135. The minimum Gasteiger partial charge on any atom is -0.453 e. The van der Waals surface area contributed by atoms with Crippen molar-refractivity contribution in [2.24, 2.45) is 0 Å². The molecule has 1 atom stereocenters. The van der Waals surface area contributed by atoms with Crippen LogP contribution < -0.4 is 10.6 Å². The van der Waals surface area contributed by atoms with Crippen LogP contribution in [0.2, 0.25) is 0 Å². The number of fused-ring (bicyclic) bond motifs is 1. The highest BCUT2D eigenvalue weighted by atomic mass is 16.5. The SMILES string of the molecule is CCC.CCCN(Cc1ncc(-c2ccc3cc(-c4ccc(-c5cnc(C6CCN6)[nH]5)cc4)ccc3c2)[nH]1)C(=O)CNC(=O)OC. The highest BCUT2D eigenvalue weighted by Crippen LogP contribution is 2.30. The lowest BCUT2D eigenvalue weighted by Crippen LogP contribution is -2.40. The van der Waals surface area contributed by atoms with Crippen LogP contribution in [0.15, 0.2) is 73.1 Å². The van der Waals surface area contributed by atoms with Gasteiger partial charge in [0.25, 0.3) is 0 Å². The Kier molecular flexibility index (Phi) is 10.8. The van der Waals surface area contributed by atoms with E-state index in [1.807, 2.05) is 13.1 Å². The molecule has 1 aliphatic heterocycles. The number of hydrogen-bond acceptors (Lipinski definition) is 6.